The van der Waals surface area contributed by atoms with Crippen molar-refractivity contribution in [3.63, 3.8) is 0 Å². The van der Waals surface area contributed by atoms with E-state index in [9.17, 15) is 9.59 Å². The van der Waals surface area contributed by atoms with Gasteiger partial charge in [-0.3, -0.25) is 9.59 Å². The van der Waals surface area contributed by atoms with Crippen molar-refractivity contribution in [2.24, 2.45) is 5.92 Å². The van der Waals surface area contributed by atoms with Crippen molar-refractivity contribution in [2.45, 2.75) is 52.7 Å². The van der Waals surface area contributed by atoms with E-state index in [-0.39, 0.29) is 18.2 Å². The molecule has 2 aromatic heterocycles. The molecule has 1 unspecified atom stereocenters. The van der Waals surface area contributed by atoms with Crippen LogP contribution in [0.5, 0.6) is 0 Å². The van der Waals surface area contributed by atoms with E-state index in [1.54, 1.807) is 25.2 Å². The van der Waals surface area contributed by atoms with Crippen molar-refractivity contribution in [2.75, 3.05) is 0 Å². The van der Waals surface area contributed by atoms with Crippen LogP contribution in [0, 0.1) is 5.92 Å². The summed E-state index contributed by atoms with van der Waals surface area (Å²) in [5, 5.41) is 8.65. The number of thiophene rings is 1. The van der Waals surface area contributed by atoms with Gasteiger partial charge in [0.15, 0.2) is 4.83 Å². The van der Waals surface area contributed by atoms with E-state index in [1.807, 2.05) is 0 Å². The monoisotopic (exact) mass is 321 g/mol. The molecule has 6 nitrogen and oxygen atoms in total. The molecule has 7 heteroatoms. The molecule has 0 N–H and O–H groups in total. The van der Waals surface area contributed by atoms with E-state index in [2.05, 4.69) is 17.2 Å². The smallest absolute Gasteiger partial charge is 0.328 e. The SMILES string of the molecule is CC1CCc2c(sc3nnn(CC(=O)OC(C)C)c(=O)c23)C1. The van der Waals surface area contributed by atoms with E-state index < -0.39 is 5.97 Å². The summed E-state index contributed by atoms with van der Waals surface area (Å²) in [5.74, 6) is 0.167. The van der Waals surface area contributed by atoms with Gasteiger partial charge in [-0.1, -0.05) is 12.1 Å². The molecular weight excluding hydrogens is 302 g/mol. The highest BCUT2D eigenvalue weighted by Gasteiger charge is 2.24. The molecule has 0 bridgehead atoms. The number of hydrogen-bond donors (Lipinski definition) is 0. The standard InChI is InChI=1S/C15H19N3O3S/c1-8(2)21-12(19)7-18-15(20)13-10-5-4-9(3)6-11(10)22-14(13)16-17-18/h8-9H,4-7H2,1-3H3. The highest BCUT2D eigenvalue weighted by molar-refractivity contribution is 7.18. The summed E-state index contributed by atoms with van der Waals surface area (Å²) < 4.78 is 6.17. The Hall–Kier alpha value is -1.76. The van der Waals surface area contributed by atoms with Gasteiger partial charge in [0, 0.05) is 4.88 Å². The molecule has 2 heterocycles. The number of esters is 1. The maximum atomic E-state index is 12.6. The van der Waals surface area contributed by atoms with E-state index in [4.69, 9.17) is 4.74 Å². The normalized spacial score (nSPS) is 17.7. The molecule has 22 heavy (non-hydrogen) atoms. The number of ether oxygens (including phenoxy) is 1. The molecule has 0 aliphatic heterocycles. The van der Waals surface area contributed by atoms with Crippen LogP contribution in [0.2, 0.25) is 0 Å². The van der Waals surface area contributed by atoms with Crippen LogP contribution in [0.4, 0.5) is 0 Å². The van der Waals surface area contributed by atoms with Gasteiger partial charge < -0.3 is 4.74 Å². The fraction of sp³-hybridized carbons (Fsp3) is 0.600. The first-order chi connectivity index (χ1) is 10.5. The van der Waals surface area contributed by atoms with Crippen LogP contribution < -0.4 is 5.56 Å². The minimum absolute atomic E-state index is 0.193. The predicted octanol–water partition coefficient (Wildman–Crippen LogP) is 1.93. The summed E-state index contributed by atoms with van der Waals surface area (Å²) in [6.07, 6.45) is 2.75. The number of hydrogen-bond acceptors (Lipinski definition) is 6. The lowest BCUT2D eigenvalue weighted by Gasteiger charge is -2.17. The third kappa shape index (κ3) is 2.77. The second kappa shape index (κ2) is 5.79. The number of carbonyl (C=O) groups excluding carboxylic acids is 1. The molecule has 0 fully saturated rings. The first kappa shape index (κ1) is 15.1. The molecule has 1 aliphatic carbocycles. The summed E-state index contributed by atoms with van der Waals surface area (Å²) >= 11 is 1.55. The van der Waals surface area contributed by atoms with Gasteiger partial charge in [0.25, 0.3) is 5.56 Å². The zero-order chi connectivity index (χ0) is 15.9. The Labute approximate surface area is 132 Å². The van der Waals surface area contributed by atoms with Gasteiger partial charge in [-0.25, -0.2) is 0 Å². The van der Waals surface area contributed by atoms with Crippen LogP contribution in [0.25, 0.3) is 10.2 Å². The molecule has 0 saturated heterocycles. The Bertz CT molecular complexity index is 778. The lowest BCUT2D eigenvalue weighted by molar-refractivity contribution is -0.148. The van der Waals surface area contributed by atoms with Crippen LogP contribution in [0.3, 0.4) is 0 Å². The Kier molecular flexibility index (Phi) is 3.99. The zero-order valence-electron chi connectivity index (χ0n) is 13.0. The third-order valence-corrected chi connectivity index (χ3v) is 4.97. The fourth-order valence-corrected chi connectivity index (χ4v) is 4.14. The zero-order valence-corrected chi connectivity index (χ0v) is 13.8. The van der Waals surface area contributed by atoms with Crippen molar-refractivity contribution >= 4 is 27.5 Å². The van der Waals surface area contributed by atoms with Crippen molar-refractivity contribution in [3.8, 4) is 0 Å². The van der Waals surface area contributed by atoms with Gasteiger partial charge in [0.05, 0.1) is 11.5 Å². The number of carbonyl (C=O) groups is 1. The minimum atomic E-state index is -0.469. The highest BCUT2D eigenvalue weighted by atomic mass is 32.1. The Morgan fingerprint density at radius 1 is 1.50 bits per heavy atom. The van der Waals surface area contributed by atoms with E-state index >= 15 is 0 Å². The molecule has 0 spiro atoms. The largest absolute Gasteiger partial charge is 0.462 e. The number of aromatic nitrogens is 3. The van der Waals surface area contributed by atoms with Gasteiger partial charge in [0.2, 0.25) is 0 Å². The van der Waals surface area contributed by atoms with Gasteiger partial charge in [-0.15, -0.1) is 16.4 Å². The summed E-state index contributed by atoms with van der Waals surface area (Å²) in [5.41, 5.74) is 0.863. The maximum Gasteiger partial charge on any atom is 0.328 e. The number of fused-ring (bicyclic) bond motifs is 3. The molecule has 2 aromatic rings. The van der Waals surface area contributed by atoms with Gasteiger partial charge in [-0.05, 0) is 44.6 Å². The summed E-state index contributed by atoms with van der Waals surface area (Å²) in [6, 6.07) is 0. The Balaban J connectivity index is 1.99. The molecule has 0 radical (unpaired) electrons. The second-order valence-electron chi connectivity index (χ2n) is 6.12. The Morgan fingerprint density at radius 3 is 3.00 bits per heavy atom. The van der Waals surface area contributed by atoms with Crippen LogP contribution in [0.1, 0.15) is 37.6 Å². The van der Waals surface area contributed by atoms with Gasteiger partial charge in [-0.2, -0.15) is 4.68 Å². The highest BCUT2D eigenvalue weighted by Crippen LogP contribution is 2.35. The minimum Gasteiger partial charge on any atom is -0.462 e. The quantitative estimate of drug-likeness (QED) is 0.808. The van der Waals surface area contributed by atoms with Crippen LogP contribution in [-0.4, -0.2) is 27.1 Å². The average Bonchev–Trinajstić information content (AvgIpc) is 2.79. The van der Waals surface area contributed by atoms with Crippen LogP contribution in [0.15, 0.2) is 4.79 Å². The third-order valence-electron chi connectivity index (χ3n) is 3.83. The van der Waals surface area contributed by atoms with Crippen molar-refractivity contribution in [3.05, 3.63) is 20.8 Å². The van der Waals surface area contributed by atoms with Crippen LogP contribution in [-0.2, 0) is 28.9 Å². The van der Waals surface area contributed by atoms with E-state index in [0.717, 1.165) is 29.5 Å². The van der Waals surface area contributed by atoms with Gasteiger partial charge in [0.1, 0.15) is 6.54 Å². The van der Waals surface area contributed by atoms with E-state index in [0.29, 0.717) is 16.1 Å². The molecule has 1 atom stereocenters. The molecular formula is C15H19N3O3S. The van der Waals surface area contributed by atoms with Crippen molar-refractivity contribution in [1.29, 1.82) is 0 Å². The summed E-state index contributed by atoms with van der Waals surface area (Å²) in [4.78, 5) is 26.3. The topological polar surface area (TPSA) is 74.1 Å². The first-order valence-electron chi connectivity index (χ1n) is 7.53. The maximum absolute atomic E-state index is 12.6. The molecule has 3 rings (SSSR count). The van der Waals surface area contributed by atoms with Crippen LogP contribution >= 0.6 is 11.3 Å². The Morgan fingerprint density at radius 2 is 2.27 bits per heavy atom. The molecule has 0 saturated carbocycles. The van der Waals surface area contributed by atoms with E-state index in [1.165, 1.54) is 4.88 Å². The average molecular weight is 321 g/mol. The lowest BCUT2D eigenvalue weighted by atomic mass is 9.89. The summed E-state index contributed by atoms with van der Waals surface area (Å²) in [7, 11) is 0. The number of rotatable bonds is 3. The molecule has 0 amide bonds. The van der Waals surface area contributed by atoms with Crippen molar-refractivity contribution < 1.29 is 9.53 Å². The fourth-order valence-electron chi connectivity index (χ4n) is 2.82. The molecule has 0 aromatic carbocycles. The van der Waals surface area contributed by atoms with Gasteiger partial charge >= 0.3 is 5.97 Å². The lowest BCUT2D eigenvalue weighted by Crippen LogP contribution is -2.29. The molecule has 118 valence electrons. The molecule has 1 aliphatic rings. The predicted molar refractivity (Wildman–Crippen MR) is 84.1 cm³/mol. The second-order valence-corrected chi connectivity index (χ2v) is 7.21. The first-order valence-corrected chi connectivity index (χ1v) is 8.35. The number of nitrogens with zero attached hydrogens (tertiary/aromatic N) is 3. The van der Waals surface area contributed by atoms with Crippen molar-refractivity contribution in [1.82, 2.24) is 15.0 Å². The number of aryl methyl sites for hydroxylation is 1. The summed E-state index contributed by atoms with van der Waals surface area (Å²) in [6.45, 7) is 5.57.